The van der Waals surface area contributed by atoms with Crippen LogP contribution in [0.25, 0.3) is 0 Å². The van der Waals surface area contributed by atoms with E-state index in [0.717, 1.165) is 0 Å². The second-order valence-electron chi connectivity index (χ2n) is 4.15. The molecule has 0 saturated heterocycles. The van der Waals surface area contributed by atoms with E-state index < -0.39 is 24.0 Å². The first kappa shape index (κ1) is 30.1. The highest BCUT2D eigenvalue weighted by molar-refractivity contribution is 5.86. The number of amides is 2. The van der Waals surface area contributed by atoms with Gasteiger partial charge in [-0.05, 0) is 13.3 Å². The topological polar surface area (TPSA) is 95.9 Å². The summed E-state index contributed by atoms with van der Waals surface area (Å²) in [6.45, 7) is 15.6. The molecule has 0 aliphatic carbocycles. The number of rotatable bonds is 6. The Morgan fingerprint density at radius 3 is 1.79 bits per heavy atom. The molecule has 0 aliphatic heterocycles. The molecule has 0 heterocycles. The number of methoxy groups -OCH3 is 1. The predicted molar refractivity (Wildman–Crippen MR) is 98.2 cm³/mol. The van der Waals surface area contributed by atoms with E-state index in [9.17, 15) is 14.4 Å². The summed E-state index contributed by atoms with van der Waals surface area (Å²) in [6, 6.07) is -0.915. The lowest BCUT2D eigenvalue weighted by Crippen LogP contribution is -2.47. The average molecular weight is 351 g/mol. The van der Waals surface area contributed by atoms with Gasteiger partial charge in [-0.2, -0.15) is 0 Å². The van der Waals surface area contributed by atoms with Gasteiger partial charge in [0.2, 0.25) is 5.91 Å². The lowest BCUT2D eigenvalue weighted by molar-refractivity contribution is -0.149. The van der Waals surface area contributed by atoms with Gasteiger partial charge in [0.05, 0.1) is 7.11 Å². The van der Waals surface area contributed by atoms with E-state index in [1.54, 1.807) is 0 Å². The minimum atomic E-state index is -1.08. The zero-order valence-corrected chi connectivity index (χ0v) is 16.9. The van der Waals surface area contributed by atoms with Crippen molar-refractivity contribution in [2.24, 2.45) is 0 Å². The maximum Gasteiger partial charge on any atom is 0.407 e. The summed E-state index contributed by atoms with van der Waals surface area (Å²) >= 11 is 0. The van der Waals surface area contributed by atoms with Crippen LogP contribution >= 0.6 is 0 Å². The Kier molecular flexibility index (Phi) is 29.5. The highest BCUT2D eigenvalue weighted by atomic mass is 16.5. The average Bonchev–Trinajstić information content (AvgIpc) is 2.60. The molecule has 0 aromatic carbocycles. The standard InChI is InChI=1S/C10H18N2O5.C3H8.2C2H6/c1-4-5-12(7(2)9(14)15)8(13)6-11-10(16)17-3;1-3-2;2*1-2/h7H,4-6H2,1-3H3,(H,11,16)(H,14,15);3H2,1-2H3;2*1-2H3/t7-;;;/m1.../s1. The second-order valence-corrected chi connectivity index (χ2v) is 4.15. The largest absolute Gasteiger partial charge is 0.480 e. The number of carboxylic acids is 1. The van der Waals surface area contributed by atoms with Crippen LogP contribution in [0.2, 0.25) is 0 Å². The molecule has 0 aliphatic rings. The molecule has 0 radical (unpaired) electrons. The van der Waals surface area contributed by atoms with E-state index in [1.807, 2.05) is 34.6 Å². The van der Waals surface area contributed by atoms with Crippen molar-refractivity contribution in [3.63, 3.8) is 0 Å². The Morgan fingerprint density at radius 2 is 1.50 bits per heavy atom. The first-order valence-electron chi connectivity index (χ1n) is 8.69. The van der Waals surface area contributed by atoms with Crippen LogP contribution in [-0.2, 0) is 14.3 Å². The van der Waals surface area contributed by atoms with Crippen molar-refractivity contribution in [3.8, 4) is 0 Å². The van der Waals surface area contributed by atoms with Gasteiger partial charge in [-0.25, -0.2) is 9.59 Å². The third kappa shape index (κ3) is 18.3. The van der Waals surface area contributed by atoms with Gasteiger partial charge in [0.1, 0.15) is 12.6 Å². The minimum Gasteiger partial charge on any atom is -0.480 e. The maximum atomic E-state index is 11.7. The van der Waals surface area contributed by atoms with Gasteiger partial charge in [-0.1, -0.05) is 54.9 Å². The molecular weight excluding hydrogens is 312 g/mol. The fourth-order valence-electron chi connectivity index (χ4n) is 1.23. The fraction of sp³-hybridized carbons (Fsp3) is 0.824. The lowest BCUT2D eigenvalue weighted by Gasteiger charge is -2.26. The highest BCUT2D eigenvalue weighted by Gasteiger charge is 2.24. The number of carboxylic acid groups (broad SMARTS) is 1. The molecule has 0 saturated carbocycles. The Bertz CT molecular complexity index is 309. The molecule has 2 amide bonds. The molecule has 0 aromatic rings. The lowest BCUT2D eigenvalue weighted by atomic mass is 10.2. The number of aliphatic carboxylic acids is 1. The summed E-state index contributed by atoms with van der Waals surface area (Å²) in [4.78, 5) is 34.5. The van der Waals surface area contributed by atoms with Crippen LogP contribution in [-0.4, -0.2) is 54.2 Å². The van der Waals surface area contributed by atoms with Crippen LogP contribution in [0.5, 0.6) is 0 Å². The van der Waals surface area contributed by atoms with Crippen molar-refractivity contribution in [1.82, 2.24) is 10.2 Å². The molecule has 24 heavy (non-hydrogen) atoms. The molecule has 146 valence electrons. The molecule has 0 aromatic heterocycles. The fourth-order valence-corrected chi connectivity index (χ4v) is 1.23. The summed E-state index contributed by atoms with van der Waals surface area (Å²) < 4.78 is 4.31. The molecule has 7 heteroatoms. The van der Waals surface area contributed by atoms with Crippen molar-refractivity contribution in [2.75, 3.05) is 20.2 Å². The molecule has 0 spiro atoms. The number of carbonyl (C=O) groups excluding carboxylic acids is 2. The summed E-state index contributed by atoms with van der Waals surface area (Å²) in [5, 5.41) is 11.1. The molecule has 1 atom stereocenters. The monoisotopic (exact) mass is 350 g/mol. The van der Waals surface area contributed by atoms with Crippen molar-refractivity contribution < 1.29 is 24.2 Å². The van der Waals surface area contributed by atoms with E-state index in [4.69, 9.17) is 5.11 Å². The Balaban J connectivity index is -0.000000247. The van der Waals surface area contributed by atoms with Crippen LogP contribution in [0.15, 0.2) is 0 Å². The molecule has 0 fully saturated rings. The van der Waals surface area contributed by atoms with Crippen LogP contribution in [0.3, 0.4) is 0 Å². The third-order valence-electron chi connectivity index (χ3n) is 2.18. The van der Waals surface area contributed by atoms with Crippen LogP contribution in [0.4, 0.5) is 4.79 Å². The number of nitrogens with zero attached hydrogens (tertiary/aromatic N) is 1. The summed E-state index contributed by atoms with van der Waals surface area (Å²) in [6.07, 6.45) is 1.17. The van der Waals surface area contributed by atoms with E-state index >= 15 is 0 Å². The third-order valence-corrected chi connectivity index (χ3v) is 2.18. The molecule has 0 bridgehead atoms. The SMILES string of the molecule is CC.CC.CCC.CCCN(C(=O)CNC(=O)OC)[C@H](C)C(=O)O. The molecule has 0 rings (SSSR count). The zero-order valence-electron chi connectivity index (χ0n) is 16.9. The van der Waals surface area contributed by atoms with E-state index in [1.165, 1.54) is 25.4 Å². The number of nitrogens with one attached hydrogen (secondary N) is 1. The number of ether oxygens (including phenoxy) is 1. The van der Waals surface area contributed by atoms with Gasteiger partial charge in [0, 0.05) is 6.54 Å². The smallest absolute Gasteiger partial charge is 0.407 e. The predicted octanol–water partition coefficient (Wildman–Crippen LogP) is 3.52. The van der Waals surface area contributed by atoms with Crippen molar-refractivity contribution in [3.05, 3.63) is 0 Å². The number of alkyl carbamates (subject to hydrolysis) is 1. The second kappa shape index (κ2) is 23.5. The Morgan fingerprint density at radius 1 is 1.08 bits per heavy atom. The van der Waals surface area contributed by atoms with Gasteiger partial charge < -0.3 is 20.1 Å². The Labute approximate surface area is 147 Å². The first-order chi connectivity index (χ1) is 11.3. The van der Waals surface area contributed by atoms with E-state index in [0.29, 0.717) is 13.0 Å². The number of hydrogen-bond donors (Lipinski definition) is 2. The van der Waals surface area contributed by atoms with Crippen LogP contribution in [0.1, 0.15) is 68.2 Å². The first-order valence-corrected chi connectivity index (χ1v) is 8.69. The zero-order chi connectivity index (χ0) is 20.1. The van der Waals surface area contributed by atoms with Gasteiger partial charge in [0.25, 0.3) is 0 Å². The number of hydrogen-bond acceptors (Lipinski definition) is 4. The van der Waals surface area contributed by atoms with Crippen molar-refractivity contribution in [2.45, 2.75) is 74.3 Å². The van der Waals surface area contributed by atoms with Gasteiger partial charge in [-0.15, -0.1) is 0 Å². The summed E-state index contributed by atoms with van der Waals surface area (Å²) in [5.41, 5.74) is 0. The van der Waals surface area contributed by atoms with Crippen molar-refractivity contribution >= 4 is 18.0 Å². The Hall–Kier alpha value is -1.79. The minimum absolute atomic E-state index is 0.274. The molecule has 0 unspecified atom stereocenters. The van der Waals surface area contributed by atoms with Crippen LogP contribution in [0, 0.1) is 0 Å². The molecule has 2 N–H and O–H groups in total. The van der Waals surface area contributed by atoms with Crippen LogP contribution < -0.4 is 5.32 Å². The van der Waals surface area contributed by atoms with Gasteiger partial charge in [0.15, 0.2) is 0 Å². The summed E-state index contributed by atoms with van der Waals surface area (Å²) in [5.74, 6) is -1.53. The highest BCUT2D eigenvalue weighted by Crippen LogP contribution is 2.01. The maximum absolute atomic E-state index is 11.7. The quantitative estimate of drug-likeness (QED) is 0.764. The van der Waals surface area contributed by atoms with E-state index in [2.05, 4.69) is 23.9 Å². The molecule has 7 nitrogen and oxygen atoms in total. The number of carbonyl (C=O) groups is 3. The summed E-state index contributed by atoms with van der Waals surface area (Å²) in [7, 11) is 1.18. The van der Waals surface area contributed by atoms with Gasteiger partial charge >= 0.3 is 12.1 Å². The normalized spacial score (nSPS) is 9.38. The van der Waals surface area contributed by atoms with Gasteiger partial charge in [-0.3, -0.25) is 4.79 Å². The van der Waals surface area contributed by atoms with Crippen molar-refractivity contribution in [1.29, 1.82) is 0 Å². The van der Waals surface area contributed by atoms with E-state index in [-0.39, 0.29) is 6.54 Å². The molecular formula is C17H38N2O5.